The molecule has 0 fully saturated rings. The lowest BCUT2D eigenvalue weighted by molar-refractivity contribution is -0.116. The van der Waals surface area contributed by atoms with Crippen molar-refractivity contribution in [3.8, 4) is 0 Å². The van der Waals surface area contributed by atoms with Gasteiger partial charge in [0.05, 0.1) is 0 Å². The summed E-state index contributed by atoms with van der Waals surface area (Å²) in [6, 6.07) is 0. The van der Waals surface area contributed by atoms with Crippen molar-refractivity contribution in [1.29, 1.82) is 0 Å². The Morgan fingerprint density at radius 3 is 2.62 bits per heavy atom. The minimum atomic E-state index is 0.0337. The molecule has 72 valence electrons. The molecule has 0 aliphatic heterocycles. The Hall–Kier alpha value is -0.850. The summed E-state index contributed by atoms with van der Waals surface area (Å²) in [6.45, 7) is 8.24. The van der Waals surface area contributed by atoms with E-state index in [1.54, 1.807) is 0 Å². The lowest BCUT2D eigenvalue weighted by atomic mass is 9.73. The molecule has 0 aromatic heterocycles. The first-order valence-electron chi connectivity index (χ1n) is 4.90. The fourth-order valence-corrected chi connectivity index (χ4v) is 2.02. The number of rotatable bonds is 2. The SMILES string of the molecule is CCC(=O)C1=C(C)C=CCC1(C)C. The first-order chi connectivity index (χ1) is 5.99. The van der Waals surface area contributed by atoms with Gasteiger partial charge in [-0.3, -0.25) is 4.79 Å². The molecule has 13 heavy (non-hydrogen) atoms. The highest BCUT2D eigenvalue weighted by atomic mass is 16.1. The summed E-state index contributed by atoms with van der Waals surface area (Å²) in [5, 5.41) is 0. The van der Waals surface area contributed by atoms with Crippen molar-refractivity contribution >= 4 is 5.78 Å². The molecule has 0 bridgehead atoms. The maximum absolute atomic E-state index is 11.7. The second kappa shape index (κ2) is 3.49. The number of carbonyl (C=O) groups is 1. The summed E-state index contributed by atoms with van der Waals surface area (Å²) < 4.78 is 0. The summed E-state index contributed by atoms with van der Waals surface area (Å²) in [5.74, 6) is 0.298. The molecule has 0 N–H and O–H groups in total. The highest BCUT2D eigenvalue weighted by Gasteiger charge is 2.29. The van der Waals surface area contributed by atoms with Crippen LogP contribution in [0, 0.1) is 5.41 Å². The van der Waals surface area contributed by atoms with Crippen LogP contribution in [-0.2, 0) is 4.79 Å². The van der Waals surface area contributed by atoms with E-state index in [9.17, 15) is 4.79 Å². The number of carbonyl (C=O) groups excluding carboxylic acids is 1. The highest BCUT2D eigenvalue weighted by molar-refractivity contribution is 5.97. The molecule has 0 spiro atoms. The van der Waals surface area contributed by atoms with E-state index in [0.29, 0.717) is 12.2 Å². The van der Waals surface area contributed by atoms with Gasteiger partial charge in [0.15, 0.2) is 5.78 Å². The summed E-state index contributed by atoms with van der Waals surface area (Å²) in [6.07, 6.45) is 5.81. The fourth-order valence-electron chi connectivity index (χ4n) is 2.02. The Balaban J connectivity index is 3.12. The van der Waals surface area contributed by atoms with E-state index in [1.807, 2.05) is 13.8 Å². The van der Waals surface area contributed by atoms with Gasteiger partial charge >= 0.3 is 0 Å². The van der Waals surface area contributed by atoms with Crippen LogP contribution >= 0.6 is 0 Å². The van der Waals surface area contributed by atoms with Gasteiger partial charge in [0.1, 0.15) is 0 Å². The van der Waals surface area contributed by atoms with Crippen LogP contribution < -0.4 is 0 Å². The lowest BCUT2D eigenvalue weighted by Crippen LogP contribution is -2.23. The molecule has 0 saturated carbocycles. The number of ketones is 1. The van der Waals surface area contributed by atoms with Crippen LogP contribution in [0.25, 0.3) is 0 Å². The van der Waals surface area contributed by atoms with Crippen LogP contribution in [0.1, 0.15) is 40.5 Å². The van der Waals surface area contributed by atoms with Crippen molar-refractivity contribution in [2.75, 3.05) is 0 Å². The van der Waals surface area contributed by atoms with E-state index in [0.717, 1.165) is 17.6 Å². The molecule has 1 rings (SSSR count). The second-order valence-electron chi connectivity index (χ2n) is 4.33. The van der Waals surface area contributed by atoms with Crippen LogP contribution in [-0.4, -0.2) is 5.78 Å². The van der Waals surface area contributed by atoms with Gasteiger partial charge < -0.3 is 0 Å². The Kier molecular flexibility index (Phi) is 2.74. The van der Waals surface area contributed by atoms with E-state index in [4.69, 9.17) is 0 Å². The van der Waals surface area contributed by atoms with Gasteiger partial charge in [-0.1, -0.05) is 32.9 Å². The van der Waals surface area contributed by atoms with E-state index >= 15 is 0 Å². The fraction of sp³-hybridized carbons (Fsp3) is 0.583. The van der Waals surface area contributed by atoms with Gasteiger partial charge in [-0.25, -0.2) is 0 Å². The molecule has 0 heterocycles. The molecule has 1 nitrogen and oxygen atoms in total. The average Bonchev–Trinajstić information content (AvgIpc) is 2.02. The quantitative estimate of drug-likeness (QED) is 0.634. The summed E-state index contributed by atoms with van der Waals surface area (Å²) in [4.78, 5) is 11.7. The number of hydrogen-bond acceptors (Lipinski definition) is 1. The lowest BCUT2D eigenvalue weighted by Gasteiger charge is -2.30. The van der Waals surface area contributed by atoms with Gasteiger partial charge in [0.25, 0.3) is 0 Å². The van der Waals surface area contributed by atoms with Crippen molar-refractivity contribution in [2.45, 2.75) is 40.5 Å². The molecule has 0 radical (unpaired) electrons. The zero-order valence-electron chi connectivity index (χ0n) is 8.98. The third-order valence-corrected chi connectivity index (χ3v) is 2.67. The van der Waals surface area contributed by atoms with Crippen molar-refractivity contribution in [1.82, 2.24) is 0 Å². The summed E-state index contributed by atoms with van der Waals surface area (Å²) >= 11 is 0. The van der Waals surface area contributed by atoms with Crippen LogP contribution in [0.3, 0.4) is 0 Å². The zero-order chi connectivity index (χ0) is 10.1. The summed E-state index contributed by atoms with van der Waals surface area (Å²) in [7, 11) is 0. The minimum absolute atomic E-state index is 0.0337. The largest absolute Gasteiger partial charge is 0.295 e. The smallest absolute Gasteiger partial charge is 0.159 e. The molecular weight excluding hydrogens is 160 g/mol. The maximum atomic E-state index is 11.7. The summed E-state index contributed by atoms with van der Waals surface area (Å²) in [5.41, 5.74) is 2.20. The number of allylic oxidation sites excluding steroid dienone is 4. The third-order valence-electron chi connectivity index (χ3n) is 2.67. The third kappa shape index (κ3) is 1.90. The van der Waals surface area contributed by atoms with Gasteiger partial charge in [0, 0.05) is 12.0 Å². The van der Waals surface area contributed by atoms with E-state index in [2.05, 4.69) is 26.0 Å². The van der Waals surface area contributed by atoms with Gasteiger partial charge in [0.2, 0.25) is 0 Å². The van der Waals surface area contributed by atoms with Crippen LogP contribution in [0.4, 0.5) is 0 Å². The van der Waals surface area contributed by atoms with E-state index in [-0.39, 0.29) is 5.41 Å². The highest BCUT2D eigenvalue weighted by Crippen LogP contribution is 2.37. The minimum Gasteiger partial charge on any atom is -0.295 e. The molecule has 0 amide bonds. The van der Waals surface area contributed by atoms with Crippen molar-refractivity contribution in [2.24, 2.45) is 5.41 Å². The second-order valence-corrected chi connectivity index (χ2v) is 4.33. The van der Waals surface area contributed by atoms with Crippen LogP contribution in [0.15, 0.2) is 23.3 Å². The average molecular weight is 178 g/mol. The molecular formula is C12H18O. The van der Waals surface area contributed by atoms with E-state index < -0.39 is 0 Å². The van der Waals surface area contributed by atoms with Crippen molar-refractivity contribution in [3.63, 3.8) is 0 Å². The molecule has 0 aromatic carbocycles. The monoisotopic (exact) mass is 178 g/mol. The van der Waals surface area contributed by atoms with Crippen LogP contribution in [0.2, 0.25) is 0 Å². The molecule has 1 aliphatic carbocycles. The molecule has 0 saturated heterocycles. The molecule has 1 aliphatic rings. The topological polar surface area (TPSA) is 17.1 Å². The molecule has 0 unspecified atom stereocenters. The molecule has 0 aromatic rings. The van der Waals surface area contributed by atoms with Crippen LogP contribution in [0.5, 0.6) is 0 Å². The van der Waals surface area contributed by atoms with E-state index in [1.165, 1.54) is 0 Å². The Morgan fingerprint density at radius 1 is 1.54 bits per heavy atom. The number of Topliss-reactive ketones (excluding diaryl/α,β-unsaturated/α-hetero) is 1. The Bertz CT molecular complexity index is 279. The standard InChI is InChI=1S/C12H18O/c1-5-10(13)11-9(2)7-6-8-12(11,3)4/h6-7H,5,8H2,1-4H3. The first-order valence-corrected chi connectivity index (χ1v) is 4.90. The molecule has 0 atom stereocenters. The Morgan fingerprint density at radius 2 is 2.15 bits per heavy atom. The number of hydrogen-bond donors (Lipinski definition) is 0. The van der Waals surface area contributed by atoms with Gasteiger partial charge in [-0.05, 0) is 24.3 Å². The predicted octanol–water partition coefficient (Wildman–Crippen LogP) is 3.27. The Labute approximate surface area is 80.5 Å². The maximum Gasteiger partial charge on any atom is 0.159 e. The van der Waals surface area contributed by atoms with Crippen molar-refractivity contribution in [3.05, 3.63) is 23.3 Å². The van der Waals surface area contributed by atoms with Gasteiger partial charge in [-0.2, -0.15) is 0 Å². The molecule has 1 heteroatoms. The first kappa shape index (κ1) is 10.2. The van der Waals surface area contributed by atoms with Gasteiger partial charge in [-0.15, -0.1) is 0 Å². The zero-order valence-corrected chi connectivity index (χ0v) is 8.98. The van der Waals surface area contributed by atoms with Crippen molar-refractivity contribution < 1.29 is 4.79 Å². The predicted molar refractivity (Wildman–Crippen MR) is 55.5 cm³/mol. The normalized spacial score (nSPS) is 20.6.